The SMILES string of the molecule is COc1ccc(CCC(=O)NCCCCNC(=O)CCc2ccc(OC)cc2)cc1. The second kappa shape index (κ2) is 13.2. The molecule has 0 saturated heterocycles. The summed E-state index contributed by atoms with van der Waals surface area (Å²) < 4.78 is 10.3. The van der Waals surface area contributed by atoms with Crippen LogP contribution < -0.4 is 20.1 Å². The first-order valence-corrected chi connectivity index (χ1v) is 10.4. The fourth-order valence-electron chi connectivity index (χ4n) is 2.98. The molecule has 0 aliphatic carbocycles. The van der Waals surface area contributed by atoms with Crippen LogP contribution in [-0.4, -0.2) is 39.1 Å². The number of nitrogens with one attached hydrogen (secondary N) is 2. The highest BCUT2D eigenvalue weighted by Crippen LogP contribution is 2.13. The molecule has 0 saturated carbocycles. The molecule has 0 atom stereocenters. The van der Waals surface area contributed by atoms with E-state index in [2.05, 4.69) is 10.6 Å². The number of carbonyl (C=O) groups is 2. The number of ether oxygens (including phenoxy) is 2. The molecule has 0 aromatic heterocycles. The zero-order valence-electron chi connectivity index (χ0n) is 17.9. The van der Waals surface area contributed by atoms with Gasteiger partial charge in [0.1, 0.15) is 11.5 Å². The topological polar surface area (TPSA) is 76.7 Å². The maximum atomic E-state index is 11.9. The molecule has 6 nitrogen and oxygen atoms in total. The van der Waals surface area contributed by atoms with E-state index in [1.807, 2.05) is 48.5 Å². The average molecular weight is 413 g/mol. The van der Waals surface area contributed by atoms with Crippen molar-refractivity contribution in [2.24, 2.45) is 0 Å². The van der Waals surface area contributed by atoms with Gasteiger partial charge in [-0.3, -0.25) is 9.59 Å². The molecule has 2 N–H and O–H groups in total. The van der Waals surface area contributed by atoms with Crippen LogP contribution in [0.15, 0.2) is 48.5 Å². The van der Waals surface area contributed by atoms with Gasteiger partial charge in [-0.15, -0.1) is 0 Å². The molecule has 0 radical (unpaired) electrons. The van der Waals surface area contributed by atoms with Gasteiger partial charge < -0.3 is 20.1 Å². The molecule has 162 valence electrons. The van der Waals surface area contributed by atoms with E-state index in [0.29, 0.717) is 38.8 Å². The lowest BCUT2D eigenvalue weighted by atomic mass is 10.1. The molecule has 0 aliphatic rings. The molecule has 30 heavy (non-hydrogen) atoms. The van der Waals surface area contributed by atoms with Crippen LogP contribution in [0.4, 0.5) is 0 Å². The second-order valence-electron chi connectivity index (χ2n) is 7.10. The van der Waals surface area contributed by atoms with Crippen molar-refractivity contribution < 1.29 is 19.1 Å². The lowest BCUT2D eigenvalue weighted by Crippen LogP contribution is -2.27. The number of amides is 2. The highest BCUT2D eigenvalue weighted by atomic mass is 16.5. The number of carbonyl (C=O) groups excluding carboxylic acids is 2. The fourth-order valence-corrected chi connectivity index (χ4v) is 2.98. The van der Waals surface area contributed by atoms with E-state index in [-0.39, 0.29) is 11.8 Å². The van der Waals surface area contributed by atoms with E-state index in [1.54, 1.807) is 14.2 Å². The Balaban J connectivity index is 1.48. The van der Waals surface area contributed by atoms with Crippen LogP contribution in [0.25, 0.3) is 0 Å². The third-order valence-electron chi connectivity index (χ3n) is 4.85. The Bertz CT molecular complexity index is 705. The Hall–Kier alpha value is -3.02. The number of benzene rings is 2. The Morgan fingerprint density at radius 2 is 1.03 bits per heavy atom. The first kappa shape index (κ1) is 23.3. The van der Waals surface area contributed by atoms with Crippen molar-refractivity contribution in [3.8, 4) is 11.5 Å². The zero-order chi connectivity index (χ0) is 21.6. The molecule has 2 aromatic rings. The van der Waals surface area contributed by atoms with Gasteiger partial charge in [-0.2, -0.15) is 0 Å². The third kappa shape index (κ3) is 8.99. The van der Waals surface area contributed by atoms with E-state index in [9.17, 15) is 9.59 Å². The van der Waals surface area contributed by atoms with Crippen LogP contribution in [0.2, 0.25) is 0 Å². The summed E-state index contributed by atoms with van der Waals surface area (Å²) in [5.41, 5.74) is 2.23. The zero-order valence-corrected chi connectivity index (χ0v) is 17.9. The standard InChI is InChI=1S/C24H32N2O4/c1-29-21-11-5-19(6-12-21)9-15-23(27)25-17-3-4-18-26-24(28)16-10-20-7-13-22(30-2)14-8-20/h5-8,11-14H,3-4,9-10,15-18H2,1-2H3,(H,25,27)(H,26,28). The number of methoxy groups -OCH3 is 2. The summed E-state index contributed by atoms with van der Waals surface area (Å²) in [5.74, 6) is 1.73. The fraction of sp³-hybridized carbons (Fsp3) is 0.417. The molecule has 0 unspecified atom stereocenters. The van der Waals surface area contributed by atoms with E-state index in [0.717, 1.165) is 35.5 Å². The van der Waals surface area contributed by atoms with Crippen molar-refractivity contribution in [1.82, 2.24) is 10.6 Å². The Morgan fingerprint density at radius 3 is 1.37 bits per heavy atom. The summed E-state index contributed by atoms with van der Waals surface area (Å²) in [5, 5.41) is 5.87. The van der Waals surface area contributed by atoms with E-state index >= 15 is 0 Å². The molecule has 0 fully saturated rings. The van der Waals surface area contributed by atoms with Crippen molar-refractivity contribution >= 4 is 11.8 Å². The highest BCUT2D eigenvalue weighted by molar-refractivity contribution is 5.76. The quantitative estimate of drug-likeness (QED) is 0.495. The summed E-state index contributed by atoms with van der Waals surface area (Å²) >= 11 is 0. The summed E-state index contributed by atoms with van der Waals surface area (Å²) in [4.78, 5) is 23.9. The number of aryl methyl sites for hydroxylation is 2. The predicted molar refractivity (Wildman–Crippen MR) is 118 cm³/mol. The second-order valence-corrected chi connectivity index (χ2v) is 7.10. The average Bonchev–Trinajstić information content (AvgIpc) is 2.79. The molecule has 0 spiro atoms. The number of unbranched alkanes of at least 4 members (excludes halogenated alkanes) is 1. The van der Waals surface area contributed by atoms with Gasteiger partial charge in [-0.05, 0) is 61.1 Å². The molecule has 0 bridgehead atoms. The molecule has 0 aliphatic heterocycles. The van der Waals surface area contributed by atoms with E-state index < -0.39 is 0 Å². The molecular weight excluding hydrogens is 380 g/mol. The summed E-state index contributed by atoms with van der Waals surface area (Å²) in [6.07, 6.45) is 4.03. The minimum absolute atomic E-state index is 0.0503. The van der Waals surface area contributed by atoms with Gasteiger partial charge in [-0.1, -0.05) is 24.3 Å². The maximum Gasteiger partial charge on any atom is 0.220 e. The number of hydrogen-bond acceptors (Lipinski definition) is 4. The Morgan fingerprint density at radius 1 is 0.667 bits per heavy atom. The van der Waals surface area contributed by atoms with Crippen molar-refractivity contribution in [3.05, 3.63) is 59.7 Å². The molecule has 2 aromatic carbocycles. The van der Waals surface area contributed by atoms with Gasteiger partial charge in [0.25, 0.3) is 0 Å². The van der Waals surface area contributed by atoms with Crippen LogP contribution >= 0.6 is 0 Å². The van der Waals surface area contributed by atoms with Gasteiger partial charge in [-0.25, -0.2) is 0 Å². The highest BCUT2D eigenvalue weighted by Gasteiger charge is 2.04. The van der Waals surface area contributed by atoms with Crippen LogP contribution in [0.3, 0.4) is 0 Å². The van der Waals surface area contributed by atoms with Gasteiger partial charge in [0.15, 0.2) is 0 Å². The monoisotopic (exact) mass is 412 g/mol. The minimum atomic E-state index is 0.0503. The number of rotatable bonds is 13. The lowest BCUT2D eigenvalue weighted by Gasteiger charge is -2.08. The normalized spacial score (nSPS) is 10.3. The van der Waals surface area contributed by atoms with E-state index in [1.165, 1.54) is 0 Å². The van der Waals surface area contributed by atoms with Crippen molar-refractivity contribution in [1.29, 1.82) is 0 Å². The lowest BCUT2D eigenvalue weighted by molar-refractivity contribution is -0.122. The van der Waals surface area contributed by atoms with E-state index in [4.69, 9.17) is 9.47 Å². The van der Waals surface area contributed by atoms with Crippen molar-refractivity contribution in [2.75, 3.05) is 27.3 Å². The summed E-state index contributed by atoms with van der Waals surface area (Å²) in [6, 6.07) is 15.5. The predicted octanol–water partition coefficient (Wildman–Crippen LogP) is 3.28. The molecule has 0 heterocycles. The van der Waals surface area contributed by atoms with Crippen LogP contribution in [0.5, 0.6) is 11.5 Å². The maximum absolute atomic E-state index is 11.9. The first-order chi connectivity index (χ1) is 14.6. The minimum Gasteiger partial charge on any atom is -0.497 e. The first-order valence-electron chi connectivity index (χ1n) is 10.4. The smallest absolute Gasteiger partial charge is 0.220 e. The van der Waals surface area contributed by atoms with Crippen LogP contribution in [-0.2, 0) is 22.4 Å². The van der Waals surface area contributed by atoms with Gasteiger partial charge >= 0.3 is 0 Å². The van der Waals surface area contributed by atoms with Gasteiger partial charge in [0.2, 0.25) is 11.8 Å². The molecule has 2 rings (SSSR count). The largest absolute Gasteiger partial charge is 0.497 e. The van der Waals surface area contributed by atoms with Crippen molar-refractivity contribution in [3.63, 3.8) is 0 Å². The Labute approximate surface area is 179 Å². The summed E-state index contributed by atoms with van der Waals surface area (Å²) in [6.45, 7) is 1.26. The van der Waals surface area contributed by atoms with Gasteiger partial charge in [0.05, 0.1) is 14.2 Å². The number of hydrogen-bond donors (Lipinski definition) is 2. The molecule has 2 amide bonds. The summed E-state index contributed by atoms with van der Waals surface area (Å²) in [7, 11) is 3.27. The van der Waals surface area contributed by atoms with Crippen LogP contribution in [0, 0.1) is 0 Å². The van der Waals surface area contributed by atoms with Crippen molar-refractivity contribution in [2.45, 2.75) is 38.5 Å². The van der Waals surface area contributed by atoms with Gasteiger partial charge in [0, 0.05) is 25.9 Å². The van der Waals surface area contributed by atoms with Crippen LogP contribution in [0.1, 0.15) is 36.8 Å². The molecular formula is C24H32N2O4. The molecule has 6 heteroatoms. The Kier molecular flexibility index (Phi) is 10.3. The third-order valence-corrected chi connectivity index (χ3v) is 4.85.